The summed E-state index contributed by atoms with van der Waals surface area (Å²) in [6, 6.07) is 6.93. The Bertz CT molecular complexity index is 1000. The van der Waals surface area contributed by atoms with Gasteiger partial charge in [0.25, 0.3) is 11.8 Å². The van der Waals surface area contributed by atoms with Gasteiger partial charge in [0.2, 0.25) is 0 Å². The average Bonchev–Trinajstić information content (AvgIpc) is 3.11. The summed E-state index contributed by atoms with van der Waals surface area (Å²) in [5.41, 5.74) is 1.75. The van der Waals surface area contributed by atoms with Crippen molar-refractivity contribution in [3.05, 3.63) is 48.4 Å². The number of carbonyl (C=O) groups excluding carboxylic acids is 1. The number of fused-ring (bicyclic) bond motifs is 1. The largest absolute Gasteiger partial charge is 0.525 e. The summed E-state index contributed by atoms with van der Waals surface area (Å²) in [6.45, 7) is 0.0810. The fourth-order valence-electron chi connectivity index (χ4n) is 3.24. The molecule has 1 fully saturated rings. The molecule has 0 aliphatic carbocycles. The molecular weight excluding hydrogens is 369 g/mol. The Morgan fingerprint density at radius 1 is 1.18 bits per heavy atom. The zero-order valence-corrected chi connectivity index (χ0v) is 14.9. The zero-order valence-electron chi connectivity index (χ0n) is 14.9. The van der Waals surface area contributed by atoms with Gasteiger partial charge in [0, 0.05) is 49.8 Å². The predicted molar refractivity (Wildman–Crippen MR) is 98.9 cm³/mol. The minimum atomic E-state index is -2.69. The van der Waals surface area contributed by atoms with Crippen LogP contribution < -0.4 is 4.65 Å². The maximum Gasteiger partial charge on any atom is 0.505 e. The Balaban J connectivity index is 1.57. The molecule has 28 heavy (non-hydrogen) atoms. The lowest BCUT2D eigenvalue weighted by Crippen LogP contribution is -2.42. The fourth-order valence-corrected chi connectivity index (χ4v) is 3.24. The molecule has 0 saturated carbocycles. The number of hydrogen-bond donors (Lipinski definition) is 1. The molecule has 3 aromatic heterocycles. The summed E-state index contributed by atoms with van der Waals surface area (Å²) in [7, 11) is -0.453. The number of pyridine rings is 2. The number of rotatable bonds is 4. The van der Waals surface area contributed by atoms with Gasteiger partial charge in [-0.3, -0.25) is 9.36 Å². The number of aromatic nitrogens is 3. The van der Waals surface area contributed by atoms with Crippen LogP contribution in [0, 0.1) is 0 Å². The van der Waals surface area contributed by atoms with Gasteiger partial charge >= 0.3 is 7.69 Å². The first-order valence-electron chi connectivity index (χ1n) is 8.81. The van der Waals surface area contributed by atoms with Gasteiger partial charge < -0.3 is 14.6 Å². The fraction of sp³-hybridized carbons (Fsp3) is 0.278. The van der Waals surface area contributed by atoms with Crippen molar-refractivity contribution < 1.29 is 23.3 Å². The molecule has 0 spiro atoms. The maximum atomic E-state index is 13.3. The molecule has 10 heteroatoms. The first-order chi connectivity index (χ1) is 13.5. The Morgan fingerprint density at radius 2 is 1.96 bits per heavy atom. The van der Waals surface area contributed by atoms with Crippen LogP contribution in [0.3, 0.4) is 0 Å². The van der Waals surface area contributed by atoms with Crippen molar-refractivity contribution >= 4 is 24.6 Å². The average molecular weight is 386 g/mol. The second-order valence-corrected chi connectivity index (χ2v) is 6.60. The highest BCUT2D eigenvalue weighted by molar-refractivity contribution is 6.17. The molecule has 1 N–H and O–H groups in total. The van der Waals surface area contributed by atoms with E-state index >= 15 is 0 Å². The highest BCUT2D eigenvalue weighted by Crippen LogP contribution is 2.29. The van der Waals surface area contributed by atoms with Crippen molar-refractivity contribution in [1.29, 1.82) is 0 Å². The van der Waals surface area contributed by atoms with Crippen LogP contribution in [0.4, 0.5) is 8.78 Å². The van der Waals surface area contributed by atoms with E-state index in [1.165, 1.54) is 11.1 Å². The molecular formula is C18H17BF2N4O3. The maximum absolute atomic E-state index is 13.3. The molecule has 1 saturated heterocycles. The number of halogens is 2. The van der Waals surface area contributed by atoms with Gasteiger partial charge in [-0.05, 0) is 18.2 Å². The molecule has 1 aliphatic rings. The van der Waals surface area contributed by atoms with Gasteiger partial charge in [-0.15, -0.1) is 0 Å². The zero-order chi connectivity index (χ0) is 19.7. The van der Waals surface area contributed by atoms with Crippen LogP contribution in [0.5, 0.6) is 5.88 Å². The smallest absolute Gasteiger partial charge is 0.505 e. The molecule has 4 rings (SSSR count). The number of amides is 1. The third-order valence-electron chi connectivity index (χ3n) is 4.77. The first-order valence-corrected chi connectivity index (χ1v) is 8.81. The van der Waals surface area contributed by atoms with E-state index in [4.69, 9.17) is 9.68 Å². The summed E-state index contributed by atoms with van der Waals surface area (Å²) in [4.78, 5) is 22.6. The monoisotopic (exact) mass is 386 g/mol. The van der Waals surface area contributed by atoms with Crippen LogP contribution in [0.2, 0.25) is 0 Å². The third kappa shape index (κ3) is 3.55. The van der Waals surface area contributed by atoms with E-state index in [-0.39, 0.29) is 31.8 Å². The molecule has 1 amide bonds. The van der Waals surface area contributed by atoms with E-state index in [0.29, 0.717) is 17.1 Å². The summed E-state index contributed by atoms with van der Waals surface area (Å²) in [5.74, 6) is -2.68. The van der Waals surface area contributed by atoms with Crippen LogP contribution in [0.1, 0.15) is 23.2 Å². The Hall–Kier alpha value is -3.01. The van der Waals surface area contributed by atoms with E-state index in [9.17, 15) is 13.6 Å². The minimum Gasteiger partial charge on any atom is -0.525 e. The number of hydrogen-bond acceptors (Lipinski definition) is 5. The number of carbonyl (C=O) groups is 1. The Kier molecular flexibility index (Phi) is 4.72. The summed E-state index contributed by atoms with van der Waals surface area (Å²) >= 11 is 0. The van der Waals surface area contributed by atoms with Crippen LogP contribution in [0.25, 0.3) is 16.7 Å². The van der Waals surface area contributed by atoms with Gasteiger partial charge in [0.15, 0.2) is 5.88 Å². The molecule has 0 radical (unpaired) electrons. The lowest BCUT2D eigenvalue weighted by atomic mass is 10.1. The number of alkyl halides is 2. The topological polar surface area (TPSA) is 80.5 Å². The summed E-state index contributed by atoms with van der Waals surface area (Å²) < 4.78 is 33.3. The van der Waals surface area contributed by atoms with Gasteiger partial charge in [0.05, 0.1) is 17.4 Å². The summed E-state index contributed by atoms with van der Waals surface area (Å²) in [6.07, 6.45) is 4.22. The molecule has 0 bridgehead atoms. The molecule has 3 aromatic rings. The standard InChI is InChI=1S/C18H17BF2N4O3/c20-18(21)4-7-24(8-5-18)17(26)13-9-12-3-6-25(16(12)23-10-13)14-1-2-15(22-11-14)28-19-27/h1-3,6,9-11,19,27H,4-5,7-8H2. The predicted octanol–water partition coefficient (Wildman–Crippen LogP) is 1.93. The Morgan fingerprint density at radius 3 is 2.64 bits per heavy atom. The van der Waals surface area contributed by atoms with Crippen molar-refractivity contribution in [3.8, 4) is 11.6 Å². The van der Waals surface area contributed by atoms with Gasteiger partial charge in [-0.2, -0.15) is 0 Å². The third-order valence-corrected chi connectivity index (χ3v) is 4.77. The first kappa shape index (κ1) is 18.4. The Labute approximate surface area is 159 Å². The highest BCUT2D eigenvalue weighted by Gasteiger charge is 2.35. The number of likely N-dealkylation sites (tertiary alicyclic amines) is 1. The molecule has 0 unspecified atom stereocenters. The van der Waals surface area contributed by atoms with E-state index in [1.54, 1.807) is 35.2 Å². The molecule has 0 aromatic carbocycles. The van der Waals surface area contributed by atoms with Crippen LogP contribution in [0.15, 0.2) is 42.9 Å². The van der Waals surface area contributed by atoms with Crippen molar-refractivity contribution in [2.75, 3.05) is 13.1 Å². The van der Waals surface area contributed by atoms with Crippen molar-refractivity contribution in [2.45, 2.75) is 18.8 Å². The second kappa shape index (κ2) is 7.19. The van der Waals surface area contributed by atoms with E-state index in [2.05, 4.69) is 9.97 Å². The van der Waals surface area contributed by atoms with Gasteiger partial charge in [0.1, 0.15) is 5.65 Å². The number of piperidine rings is 1. The molecule has 144 valence electrons. The van der Waals surface area contributed by atoms with Crippen molar-refractivity contribution in [2.24, 2.45) is 0 Å². The normalized spacial score (nSPS) is 16.2. The number of nitrogens with zero attached hydrogens (tertiary/aromatic N) is 4. The van der Waals surface area contributed by atoms with E-state index in [0.717, 1.165) is 11.1 Å². The molecule has 7 nitrogen and oxygen atoms in total. The van der Waals surface area contributed by atoms with E-state index < -0.39 is 13.6 Å². The van der Waals surface area contributed by atoms with Gasteiger partial charge in [-0.25, -0.2) is 18.7 Å². The minimum absolute atomic E-state index is 0.0405. The second-order valence-electron chi connectivity index (χ2n) is 6.60. The van der Waals surface area contributed by atoms with Crippen LogP contribution in [-0.2, 0) is 0 Å². The van der Waals surface area contributed by atoms with Crippen molar-refractivity contribution in [3.63, 3.8) is 0 Å². The molecule has 1 aliphatic heterocycles. The quantitative estimate of drug-likeness (QED) is 0.694. The lowest BCUT2D eigenvalue weighted by molar-refractivity contribution is -0.0494. The van der Waals surface area contributed by atoms with Crippen LogP contribution in [-0.4, -0.2) is 57.1 Å². The van der Waals surface area contributed by atoms with E-state index in [1.807, 2.05) is 6.07 Å². The molecule has 4 heterocycles. The summed E-state index contributed by atoms with van der Waals surface area (Å²) in [5, 5.41) is 9.51. The van der Waals surface area contributed by atoms with Crippen molar-refractivity contribution in [1.82, 2.24) is 19.4 Å². The van der Waals surface area contributed by atoms with Gasteiger partial charge in [-0.1, -0.05) is 0 Å². The SMILES string of the molecule is O=C(c1cnc2c(ccn2-c2ccc(OBO)nc2)c1)N1CCC(F)(F)CC1. The highest BCUT2D eigenvalue weighted by atomic mass is 19.3. The van der Waals surface area contributed by atoms with Crippen LogP contribution >= 0.6 is 0 Å². The molecule has 0 atom stereocenters. The lowest BCUT2D eigenvalue weighted by Gasteiger charge is -2.31.